The zero-order valence-corrected chi connectivity index (χ0v) is 14.7. The first-order valence-corrected chi connectivity index (χ1v) is 9.35. The lowest BCUT2D eigenvalue weighted by Crippen LogP contribution is -2.13. The van der Waals surface area contributed by atoms with Gasteiger partial charge in [0.25, 0.3) is 0 Å². The third-order valence-electron chi connectivity index (χ3n) is 4.78. The molecule has 0 spiro atoms. The molecule has 24 heavy (non-hydrogen) atoms. The van der Waals surface area contributed by atoms with E-state index < -0.39 is 7.75 Å². The van der Waals surface area contributed by atoms with Crippen molar-refractivity contribution in [2.75, 3.05) is 20.8 Å². The number of ether oxygens (including phenoxy) is 1. The average Bonchev–Trinajstić information content (AvgIpc) is 3.04. The lowest BCUT2D eigenvalue weighted by atomic mass is 10.1. The van der Waals surface area contributed by atoms with E-state index in [4.69, 9.17) is 13.8 Å². The lowest BCUT2D eigenvalue weighted by Gasteiger charge is -2.18. The highest BCUT2D eigenvalue weighted by molar-refractivity contribution is 7.51. The minimum Gasteiger partial charge on any atom is -0.462 e. The van der Waals surface area contributed by atoms with E-state index in [1.165, 1.54) is 14.2 Å². The third-order valence-corrected chi connectivity index (χ3v) is 6.82. The largest absolute Gasteiger partial charge is 0.462 e. The predicted octanol–water partition coefficient (Wildman–Crippen LogP) is 2.96. The summed E-state index contributed by atoms with van der Waals surface area (Å²) >= 11 is 0. The van der Waals surface area contributed by atoms with Crippen LogP contribution in [0.15, 0.2) is 24.3 Å². The normalized spacial score (nSPS) is 24.7. The fourth-order valence-corrected chi connectivity index (χ4v) is 5.38. The van der Waals surface area contributed by atoms with Gasteiger partial charge >= 0.3 is 13.7 Å². The van der Waals surface area contributed by atoms with Crippen molar-refractivity contribution in [1.82, 2.24) is 9.24 Å². The first kappa shape index (κ1) is 15.8. The Bertz CT molecular complexity index is 869. The molecule has 2 aliphatic heterocycles. The molecular formula is C16H19N2O5P. The molecule has 3 heterocycles. The quantitative estimate of drug-likeness (QED) is 0.469. The van der Waals surface area contributed by atoms with E-state index in [1.54, 1.807) is 11.6 Å². The van der Waals surface area contributed by atoms with Crippen LogP contribution in [0.4, 0.5) is 0 Å². The first-order chi connectivity index (χ1) is 11.6. The molecule has 1 saturated heterocycles. The summed E-state index contributed by atoms with van der Waals surface area (Å²) in [6.07, 6.45) is 0. The monoisotopic (exact) mass is 350 g/mol. The van der Waals surface area contributed by atoms with Crippen molar-refractivity contribution in [3.8, 4) is 0 Å². The minimum absolute atomic E-state index is 0.0171. The molecule has 1 aromatic heterocycles. The molecule has 0 saturated carbocycles. The molecule has 0 N–H and O–H groups in total. The molecule has 1 aromatic carbocycles. The van der Waals surface area contributed by atoms with Crippen molar-refractivity contribution in [3.05, 3.63) is 35.5 Å². The van der Waals surface area contributed by atoms with Gasteiger partial charge in [0.1, 0.15) is 0 Å². The van der Waals surface area contributed by atoms with Crippen molar-refractivity contribution in [1.29, 1.82) is 0 Å². The van der Waals surface area contributed by atoms with Crippen molar-refractivity contribution < 1.29 is 23.1 Å². The fraction of sp³-hybridized carbons (Fsp3) is 0.438. The van der Waals surface area contributed by atoms with Crippen LogP contribution in [-0.4, -0.2) is 42.1 Å². The number of benzene rings is 1. The second-order valence-electron chi connectivity index (χ2n) is 5.83. The van der Waals surface area contributed by atoms with Crippen molar-refractivity contribution in [3.63, 3.8) is 0 Å². The number of carbonyl (C=O) groups excluding carboxylic acids is 1. The Morgan fingerprint density at radius 3 is 2.67 bits per heavy atom. The molecule has 7 nitrogen and oxygen atoms in total. The maximum Gasteiger partial charge on any atom is 0.408 e. The van der Waals surface area contributed by atoms with E-state index in [0.717, 1.165) is 16.6 Å². The zero-order chi connectivity index (χ0) is 17.1. The van der Waals surface area contributed by atoms with Crippen molar-refractivity contribution >= 4 is 24.6 Å². The summed E-state index contributed by atoms with van der Waals surface area (Å²) in [5.41, 5.74) is 2.39. The van der Waals surface area contributed by atoms with Crippen LogP contribution in [0.25, 0.3) is 10.9 Å². The standard InChI is InChI=1S/C16H19N2O5P/c1-4-23-16(19)13-10-7-5-6-8-11(10)17-9-12-14(15(13)17)18(12)24(20,21-2)22-3/h5-8,12,14H,4,9H2,1-3H3/t12-,14-,18?/m0/s1. The minimum atomic E-state index is -3.32. The summed E-state index contributed by atoms with van der Waals surface area (Å²) in [5.74, 6) is -0.348. The summed E-state index contributed by atoms with van der Waals surface area (Å²) in [7, 11) is -0.566. The number of nitrogens with zero attached hydrogens (tertiary/aromatic N) is 2. The van der Waals surface area contributed by atoms with E-state index in [1.807, 2.05) is 24.3 Å². The maximum absolute atomic E-state index is 12.7. The third kappa shape index (κ3) is 1.96. The summed E-state index contributed by atoms with van der Waals surface area (Å²) in [4.78, 5) is 12.6. The van der Waals surface area contributed by atoms with Crippen LogP contribution >= 0.6 is 7.75 Å². The van der Waals surface area contributed by atoms with E-state index >= 15 is 0 Å². The Balaban J connectivity index is 1.86. The molecular weight excluding hydrogens is 331 g/mol. The molecule has 4 rings (SSSR count). The van der Waals surface area contributed by atoms with Gasteiger partial charge in [0, 0.05) is 31.7 Å². The zero-order valence-electron chi connectivity index (χ0n) is 13.8. The van der Waals surface area contributed by atoms with E-state index in [9.17, 15) is 9.36 Å². The Morgan fingerprint density at radius 1 is 1.29 bits per heavy atom. The summed E-state index contributed by atoms with van der Waals surface area (Å²) in [6, 6.07) is 7.62. The number of hydrogen-bond acceptors (Lipinski definition) is 5. The van der Waals surface area contributed by atoms with Gasteiger partial charge in [-0.25, -0.2) is 9.36 Å². The molecule has 2 aliphatic rings. The molecule has 2 aromatic rings. The van der Waals surface area contributed by atoms with Crippen LogP contribution in [-0.2, 0) is 24.9 Å². The predicted molar refractivity (Wildman–Crippen MR) is 87.9 cm³/mol. The van der Waals surface area contributed by atoms with E-state index in [0.29, 0.717) is 18.7 Å². The van der Waals surface area contributed by atoms with Crippen LogP contribution in [0.2, 0.25) is 0 Å². The highest BCUT2D eigenvalue weighted by Gasteiger charge is 2.64. The number of carbonyl (C=O) groups is 1. The highest BCUT2D eigenvalue weighted by Crippen LogP contribution is 2.69. The van der Waals surface area contributed by atoms with Crippen LogP contribution in [0.1, 0.15) is 29.0 Å². The van der Waals surface area contributed by atoms with Gasteiger partial charge in [0.05, 0.1) is 29.9 Å². The van der Waals surface area contributed by atoms with Gasteiger partial charge in [0.15, 0.2) is 0 Å². The second-order valence-corrected chi connectivity index (χ2v) is 7.96. The molecule has 0 radical (unpaired) electrons. The maximum atomic E-state index is 12.7. The summed E-state index contributed by atoms with van der Waals surface area (Å²) < 4.78 is 32.0. The van der Waals surface area contributed by atoms with Gasteiger partial charge in [0.2, 0.25) is 0 Å². The SMILES string of the molecule is CCOC(=O)c1c2n(c3ccccc13)C[C@H]1[C@@H]2N1P(=O)(OC)OC. The number of aromatic nitrogens is 1. The second kappa shape index (κ2) is 5.43. The Morgan fingerprint density at radius 2 is 2.00 bits per heavy atom. The van der Waals surface area contributed by atoms with Gasteiger partial charge in [-0.15, -0.1) is 0 Å². The van der Waals surface area contributed by atoms with Gasteiger partial charge in [-0.05, 0) is 13.0 Å². The molecule has 8 heteroatoms. The van der Waals surface area contributed by atoms with Crippen LogP contribution in [0.3, 0.4) is 0 Å². The van der Waals surface area contributed by atoms with Crippen LogP contribution < -0.4 is 0 Å². The van der Waals surface area contributed by atoms with Gasteiger partial charge in [-0.1, -0.05) is 18.2 Å². The molecule has 0 aliphatic carbocycles. The van der Waals surface area contributed by atoms with E-state index in [2.05, 4.69) is 4.57 Å². The fourth-order valence-electron chi connectivity index (χ4n) is 3.79. The molecule has 0 bridgehead atoms. The van der Waals surface area contributed by atoms with Gasteiger partial charge < -0.3 is 9.30 Å². The Kier molecular flexibility index (Phi) is 3.58. The molecule has 3 atom stereocenters. The number of rotatable bonds is 5. The van der Waals surface area contributed by atoms with Crippen molar-refractivity contribution in [2.45, 2.75) is 25.6 Å². The first-order valence-electron chi connectivity index (χ1n) is 7.86. The number of para-hydroxylation sites is 1. The Labute approximate surface area is 139 Å². The highest BCUT2D eigenvalue weighted by atomic mass is 31.2. The number of esters is 1. The average molecular weight is 350 g/mol. The smallest absolute Gasteiger partial charge is 0.408 e. The van der Waals surface area contributed by atoms with Gasteiger partial charge in [-0.2, -0.15) is 4.67 Å². The number of fused-ring (bicyclic) bond motifs is 5. The molecule has 128 valence electrons. The lowest BCUT2D eigenvalue weighted by molar-refractivity contribution is 0.0526. The van der Waals surface area contributed by atoms with Crippen molar-refractivity contribution in [2.24, 2.45) is 0 Å². The van der Waals surface area contributed by atoms with E-state index in [-0.39, 0.29) is 18.1 Å². The summed E-state index contributed by atoms with van der Waals surface area (Å²) in [5, 5.41) is 0.862. The molecule has 1 fully saturated rings. The summed E-state index contributed by atoms with van der Waals surface area (Å²) in [6.45, 7) is 2.74. The van der Waals surface area contributed by atoms with Crippen LogP contribution in [0.5, 0.6) is 0 Å². The Hall–Kier alpha value is -1.66. The topological polar surface area (TPSA) is 69.8 Å². The van der Waals surface area contributed by atoms with Gasteiger partial charge in [-0.3, -0.25) is 9.05 Å². The van der Waals surface area contributed by atoms with Crippen LogP contribution in [0, 0.1) is 0 Å². The molecule has 1 unspecified atom stereocenters. The molecule has 0 amide bonds. The number of hydrogen-bond donors (Lipinski definition) is 0.